The molecule has 103 heavy (non-hydrogen) atoms. The molecule has 37 nitrogen and oxygen atoms in total. The van der Waals surface area contributed by atoms with Gasteiger partial charge in [-0.1, -0.05) is 6.92 Å². The lowest BCUT2D eigenvalue weighted by Gasteiger charge is -2.43. The third-order valence-corrected chi connectivity index (χ3v) is 21.2. The van der Waals surface area contributed by atoms with Crippen LogP contribution in [-0.4, -0.2) is 416 Å². The molecule has 41 heteroatoms. The molecule has 0 aliphatic carbocycles. The fourth-order valence-electron chi connectivity index (χ4n) is 11.4. The Bertz CT molecular complexity index is 2390. The molecule has 4 aliphatic heterocycles. The molecule has 600 valence electrons. The monoisotopic (exact) mass is 1560 g/mol. The summed E-state index contributed by atoms with van der Waals surface area (Å²) in [5.41, 5.74) is 10.8. The first kappa shape index (κ1) is 92.6. The van der Waals surface area contributed by atoms with Crippen LogP contribution in [0.2, 0.25) is 0 Å². The van der Waals surface area contributed by atoms with Crippen molar-refractivity contribution in [3.63, 3.8) is 0 Å². The standard InChI is InChI=1S/C62H114N8O29S4/c1-3-37-47(81)52(86)57(92-21-6-23-100-26-11-63)60(96-37)94-18-5-10-39-49(83)54(88)58(93-22-8-25-102-28-13-66-41(64)35-103-62-55(89)51(85)50(84)40(34-71)99-62)61(98-39)95-19-4-9-38-48(82)53(87)56(59(90-2)97-38)91-20-7-24-101-27-12-65-36-67-42(72)29-69(31-44(75)76)16-14-68(30-43(73)74)15-17-70(32-45(77)78)33-46(79)80/h37-40,47-62,65,71,81-89H,3-36,63H2,1-2H3,(H2,64,66)(H,67,72)(H,73,74)(H,75,76)(H,77,78)(H,79,80)/t37?,38?,39?,40?,47-,48-,49-,50?,51?,52+,53+,54+,55?,56?,57?,58?,59-,60-,61-,62?/m1/s1. The van der Waals surface area contributed by atoms with Gasteiger partial charge in [-0.3, -0.25) is 49.0 Å². The van der Waals surface area contributed by atoms with E-state index < -0.39 is 185 Å². The molecule has 1 amide bonds. The Morgan fingerprint density at radius 3 is 1.41 bits per heavy atom. The summed E-state index contributed by atoms with van der Waals surface area (Å²) >= 11 is 5.89. The van der Waals surface area contributed by atoms with E-state index in [1.165, 1.54) is 16.9 Å². The third kappa shape index (κ3) is 34.8. The Balaban J connectivity index is 1.22. The quantitative estimate of drug-likeness (QED) is 0.0117. The minimum Gasteiger partial charge on any atom is -0.480 e. The number of methoxy groups -OCH3 is 1. The Labute approximate surface area is 616 Å². The fraction of sp³-hybridized carbons (Fsp3) is 0.903. The van der Waals surface area contributed by atoms with Gasteiger partial charge in [0.25, 0.3) is 0 Å². The van der Waals surface area contributed by atoms with Crippen molar-refractivity contribution in [2.75, 3.05) is 172 Å². The van der Waals surface area contributed by atoms with Crippen LogP contribution in [0.5, 0.6) is 0 Å². The van der Waals surface area contributed by atoms with Gasteiger partial charge in [-0.05, 0) is 68.6 Å². The number of ether oxygens (including phenoxy) is 10. The summed E-state index contributed by atoms with van der Waals surface area (Å²) in [7, 11) is 1.38. The smallest absolute Gasteiger partial charge is 0.317 e. The number of nitrogens with two attached hydrogens (primary N) is 2. The number of carboxylic acids is 4. The van der Waals surface area contributed by atoms with E-state index in [-0.39, 0.29) is 103 Å². The molecule has 4 fully saturated rings. The van der Waals surface area contributed by atoms with Crippen molar-refractivity contribution in [2.24, 2.45) is 16.5 Å². The molecule has 0 aromatic carbocycles. The molecule has 0 radical (unpaired) electrons. The summed E-state index contributed by atoms with van der Waals surface area (Å²) < 4.78 is 60.1. The van der Waals surface area contributed by atoms with Crippen molar-refractivity contribution in [3.8, 4) is 0 Å². The molecule has 0 spiro atoms. The van der Waals surface area contributed by atoms with Crippen LogP contribution >= 0.6 is 47.0 Å². The van der Waals surface area contributed by atoms with Gasteiger partial charge in [0.15, 0.2) is 18.9 Å². The van der Waals surface area contributed by atoms with Gasteiger partial charge in [-0.2, -0.15) is 35.3 Å². The molecule has 4 saturated heterocycles. The number of aliphatic hydroxyl groups excluding tert-OH is 10. The normalized spacial score (nSPS) is 30.0. The van der Waals surface area contributed by atoms with Gasteiger partial charge in [0.05, 0.1) is 70.1 Å². The maximum atomic E-state index is 12.8. The SMILES string of the molecule is CCC1O[C@@H](OCCCC2O[C@@H](OCCCC3O[C@@H](OC)C(OCCCSCCNCNC(=O)CN(CCN(CCN(CC(=O)O)CC(=O)O)CC(=O)O)CC(=O)O)[C@@H](O)[C@@H]3O)C(OCCCSCCN=C(N)CSC3OC(CO)C(O)C(O)C3O)[C@@H](O)[C@@H]2O)C(OCCCSCCN)[C@@H](O)[C@@H]1O. The number of amidine groups is 1. The number of carboxylic acid groups (broad SMARTS) is 4. The number of nitrogens with zero attached hydrogens (tertiary/aromatic N) is 4. The molecule has 20 N–H and O–H groups in total. The number of aliphatic carboxylic acids is 4. The second-order valence-corrected chi connectivity index (χ2v) is 29.6. The van der Waals surface area contributed by atoms with Crippen LogP contribution < -0.4 is 22.1 Å². The zero-order chi connectivity index (χ0) is 75.8. The summed E-state index contributed by atoms with van der Waals surface area (Å²) in [5.74, 6) is -1.03. The topological polar surface area (TPSA) is 559 Å². The molecular weight excluding hydrogens is 1450 g/mol. The second kappa shape index (κ2) is 52.4. The van der Waals surface area contributed by atoms with Crippen molar-refractivity contribution in [3.05, 3.63) is 0 Å². The van der Waals surface area contributed by atoms with Crippen molar-refractivity contribution in [1.29, 1.82) is 0 Å². The largest absolute Gasteiger partial charge is 0.480 e. The number of aliphatic imine (C=N–C) groups is 1. The molecule has 4 aliphatic rings. The Morgan fingerprint density at radius 1 is 0.495 bits per heavy atom. The van der Waals surface area contributed by atoms with Gasteiger partial charge < -0.3 is 136 Å². The molecule has 4 heterocycles. The van der Waals surface area contributed by atoms with Crippen molar-refractivity contribution in [2.45, 2.75) is 180 Å². The van der Waals surface area contributed by atoms with Gasteiger partial charge in [0.1, 0.15) is 90.6 Å². The van der Waals surface area contributed by atoms with E-state index in [1.807, 2.05) is 6.92 Å². The fourth-order valence-corrected chi connectivity index (χ4v) is 14.6. The number of hydrogen-bond donors (Lipinski definition) is 18. The first-order valence-electron chi connectivity index (χ1n) is 34.7. The van der Waals surface area contributed by atoms with E-state index in [0.717, 1.165) is 28.2 Å². The highest BCUT2D eigenvalue weighted by atomic mass is 32.2. The van der Waals surface area contributed by atoms with E-state index in [2.05, 4.69) is 15.6 Å². The zero-order valence-corrected chi connectivity index (χ0v) is 61.8. The van der Waals surface area contributed by atoms with Crippen molar-refractivity contribution >= 4 is 82.7 Å². The molecule has 11 unspecified atom stereocenters. The minimum atomic E-state index is -1.50. The predicted octanol–water partition coefficient (Wildman–Crippen LogP) is -5.74. The molecule has 0 bridgehead atoms. The summed E-state index contributed by atoms with van der Waals surface area (Å²) in [6.07, 6.45) is -19.5. The van der Waals surface area contributed by atoms with E-state index >= 15 is 0 Å². The van der Waals surface area contributed by atoms with Gasteiger partial charge in [-0.15, -0.1) is 11.8 Å². The lowest BCUT2D eigenvalue weighted by molar-refractivity contribution is -0.313. The van der Waals surface area contributed by atoms with Gasteiger partial charge in [0, 0.05) is 103 Å². The molecular formula is C62H114N8O29S4. The predicted molar refractivity (Wildman–Crippen MR) is 377 cm³/mol. The average Bonchev–Trinajstić information content (AvgIpc) is 0.813. The molecule has 4 rings (SSSR count). The van der Waals surface area contributed by atoms with Crippen LogP contribution in [-0.2, 0) is 71.3 Å². The van der Waals surface area contributed by atoms with Gasteiger partial charge in [-0.25, -0.2) is 0 Å². The maximum Gasteiger partial charge on any atom is 0.317 e. The number of nitrogens with one attached hydrogen (secondary N) is 2. The average molecular weight is 1560 g/mol. The zero-order valence-electron chi connectivity index (χ0n) is 58.5. The number of carbonyl (C=O) groups excluding carboxylic acids is 1. The van der Waals surface area contributed by atoms with E-state index in [0.29, 0.717) is 74.7 Å². The number of thioether (sulfide) groups is 4. The van der Waals surface area contributed by atoms with Crippen LogP contribution in [0, 0.1) is 0 Å². The molecule has 0 aromatic rings. The van der Waals surface area contributed by atoms with E-state index in [9.17, 15) is 85.3 Å². The van der Waals surface area contributed by atoms with E-state index in [4.69, 9.17) is 69.0 Å². The highest BCUT2D eigenvalue weighted by Gasteiger charge is 2.49. The highest BCUT2D eigenvalue weighted by molar-refractivity contribution is 8.00. The second-order valence-electron chi connectivity index (χ2n) is 24.9. The maximum absolute atomic E-state index is 12.8. The summed E-state index contributed by atoms with van der Waals surface area (Å²) in [6.45, 7) is 0.639. The van der Waals surface area contributed by atoms with Gasteiger partial charge >= 0.3 is 23.9 Å². The minimum absolute atomic E-state index is 0.00127. The molecule has 0 saturated carbocycles. The van der Waals surface area contributed by atoms with Crippen LogP contribution in [0.25, 0.3) is 0 Å². The van der Waals surface area contributed by atoms with E-state index in [1.54, 1.807) is 35.3 Å². The number of rotatable bonds is 57. The third-order valence-electron chi connectivity index (χ3n) is 16.8. The number of carbonyl (C=O) groups is 5. The van der Waals surface area contributed by atoms with Crippen LogP contribution in [0.3, 0.4) is 0 Å². The summed E-state index contributed by atoms with van der Waals surface area (Å²) in [6, 6.07) is 0. The van der Waals surface area contributed by atoms with Crippen molar-refractivity contribution < 1.29 is 143 Å². The van der Waals surface area contributed by atoms with Crippen LogP contribution in [0.1, 0.15) is 58.3 Å². The number of amides is 1. The number of hydrogen-bond acceptors (Lipinski definition) is 35. The van der Waals surface area contributed by atoms with Crippen LogP contribution in [0.15, 0.2) is 4.99 Å². The van der Waals surface area contributed by atoms with Gasteiger partial charge in [0.2, 0.25) is 5.91 Å². The lowest BCUT2D eigenvalue weighted by Crippen LogP contribution is -2.59. The Kier molecular flexibility index (Phi) is 47.1. The Morgan fingerprint density at radius 2 is 0.922 bits per heavy atom. The molecule has 0 aromatic heterocycles. The first-order chi connectivity index (χ1) is 49.3. The molecule has 20 atom stereocenters. The summed E-state index contributed by atoms with van der Waals surface area (Å²) in [5, 5.41) is 150. The lowest BCUT2D eigenvalue weighted by atomic mass is 9.95. The Hall–Kier alpha value is -2.78. The first-order valence-corrected chi connectivity index (χ1v) is 39.2. The highest BCUT2D eigenvalue weighted by Crippen LogP contribution is 2.32. The summed E-state index contributed by atoms with van der Waals surface area (Å²) in [4.78, 5) is 66.5. The van der Waals surface area contributed by atoms with Crippen molar-refractivity contribution in [1.82, 2.24) is 25.3 Å². The number of aliphatic hydroxyl groups is 10. The van der Waals surface area contributed by atoms with Crippen LogP contribution in [0.4, 0.5) is 0 Å².